The summed E-state index contributed by atoms with van der Waals surface area (Å²) in [5.74, 6) is -49.0. The smallest absolute Gasteiger partial charge is 0.347 e. The highest BCUT2D eigenvalue weighted by molar-refractivity contribution is 5.91. The minimum atomic E-state index is -8.39. The van der Waals surface area contributed by atoms with Crippen molar-refractivity contribution in [3.63, 3.8) is 0 Å². The molecule has 1 aromatic rings. The number of hydrogen-bond donors (Lipinski definition) is 1. The third kappa shape index (κ3) is 4.09. The van der Waals surface area contributed by atoms with Crippen LogP contribution in [-0.2, 0) is 15.1 Å². The molecule has 0 radical (unpaired) electrons. The third-order valence-electron chi connectivity index (χ3n) is 5.58. The van der Waals surface area contributed by atoms with E-state index in [2.05, 4.69) is 0 Å². The normalized spacial score (nSPS) is 21.5. The fraction of sp³-hybridized carbons (Fsp3) is 0.632. The second kappa shape index (κ2) is 8.30. The van der Waals surface area contributed by atoms with Crippen molar-refractivity contribution in [2.75, 3.05) is 6.54 Å². The highest BCUT2D eigenvalue weighted by atomic mass is 19.4. The molecule has 0 aliphatic carbocycles. The van der Waals surface area contributed by atoms with Gasteiger partial charge in [0.1, 0.15) is 5.60 Å². The minimum absolute atomic E-state index is 0.0709. The van der Waals surface area contributed by atoms with Crippen LogP contribution in [0.15, 0.2) is 30.3 Å². The van der Waals surface area contributed by atoms with Crippen LogP contribution in [-0.4, -0.2) is 59.8 Å². The largest absolute Gasteiger partial charge is 0.460 e. The van der Waals surface area contributed by atoms with Gasteiger partial charge in [0.05, 0.1) is 6.54 Å². The minimum Gasteiger partial charge on any atom is -0.347 e. The Kier molecular flexibility index (Phi) is 6.91. The maximum atomic E-state index is 14.0. The molecular weight excluding hydrogens is 559 g/mol. The number of carbonyl (C=O) groups is 1. The second-order valence-electron chi connectivity index (χ2n) is 8.42. The predicted molar refractivity (Wildman–Crippen MR) is 92.0 cm³/mol. The summed E-state index contributed by atoms with van der Waals surface area (Å²) in [6.07, 6.45) is -7.68. The molecule has 3 nitrogen and oxygen atoms in total. The van der Waals surface area contributed by atoms with Crippen molar-refractivity contribution < 1.29 is 75.4 Å². The molecule has 1 heterocycles. The van der Waals surface area contributed by atoms with Crippen molar-refractivity contribution in [3.8, 4) is 0 Å². The maximum Gasteiger partial charge on any atom is 0.460 e. The number of alkyl halides is 15. The Labute approximate surface area is 196 Å². The molecule has 1 unspecified atom stereocenters. The monoisotopic (exact) mass is 573 g/mol. The van der Waals surface area contributed by atoms with Gasteiger partial charge in [-0.1, -0.05) is 30.3 Å². The van der Waals surface area contributed by atoms with Crippen molar-refractivity contribution in [2.24, 2.45) is 0 Å². The molecule has 0 spiro atoms. The zero-order valence-electron chi connectivity index (χ0n) is 18.1. The molecular formula is C19H14F15NO2. The Bertz CT molecular complexity index is 1020. The molecule has 1 aromatic carbocycles. The highest BCUT2D eigenvalue weighted by Gasteiger charge is 2.93. The second-order valence-corrected chi connectivity index (χ2v) is 8.42. The lowest BCUT2D eigenvalue weighted by atomic mass is 9.87. The molecule has 1 N–H and O–H groups in total. The number of benzene rings is 1. The fourth-order valence-electron chi connectivity index (χ4n) is 3.31. The number of halogens is 15. The van der Waals surface area contributed by atoms with Gasteiger partial charge in [0.2, 0.25) is 5.60 Å². The van der Waals surface area contributed by atoms with E-state index < -0.39 is 65.4 Å². The molecule has 0 bridgehead atoms. The van der Waals surface area contributed by atoms with E-state index >= 15 is 0 Å². The van der Waals surface area contributed by atoms with E-state index in [4.69, 9.17) is 4.74 Å². The van der Waals surface area contributed by atoms with E-state index in [1.54, 1.807) is 0 Å². The zero-order valence-corrected chi connectivity index (χ0v) is 18.1. The standard InChI is InChI=1S/C19H14F15NO2/c1-11(2)13(37-11,9-6-4-3-5-7-9)10(36)35-8-12(20,21)14(22,23)15(24,25)16(26,27)17(28,29)18(30,31)19(32,33)34/h3-7H,8H2,1-2H3,(H,35,36). The SMILES string of the molecule is CC1(C)OC1(C(=O)NCC(F)(F)C(F)(F)C(F)(F)C(F)(F)C(F)(F)C(F)(F)C(F)(F)F)c1ccccc1. The molecule has 1 fully saturated rings. The van der Waals surface area contributed by atoms with Gasteiger partial charge in [-0.3, -0.25) is 4.79 Å². The summed E-state index contributed by atoms with van der Waals surface area (Å²) in [5.41, 5.74) is -3.77. The summed E-state index contributed by atoms with van der Waals surface area (Å²) in [6.45, 7) is -0.576. The number of rotatable bonds is 9. The Balaban J connectivity index is 2.39. The van der Waals surface area contributed by atoms with Gasteiger partial charge in [-0.2, -0.15) is 65.9 Å². The van der Waals surface area contributed by atoms with Crippen LogP contribution in [0.4, 0.5) is 65.9 Å². The summed E-state index contributed by atoms with van der Waals surface area (Å²) < 4.78 is 204. The summed E-state index contributed by atoms with van der Waals surface area (Å²) in [5, 5.41) is 1.01. The first-order valence-corrected chi connectivity index (χ1v) is 9.56. The van der Waals surface area contributed by atoms with Crippen molar-refractivity contribution in [1.82, 2.24) is 5.32 Å². The van der Waals surface area contributed by atoms with Crippen LogP contribution >= 0.6 is 0 Å². The molecule has 1 aliphatic heterocycles. The summed E-state index contributed by atoms with van der Waals surface area (Å²) in [7, 11) is 0. The van der Waals surface area contributed by atoms with Crippen LogP contribution in [0.3, 0.4) is 0 Å². The summed E-state index contributed by atoms with van der Waals surface area (Å²) >= 11 is 0. The molecule has 2 rings (SSSR count). The van der Waals surface area contributed by atoms with Crippen LogP contribution in [0.1, 0.15) is 19.4 Å². The summed E-state index contributed by atoms with van der Waals surface area (Å²) in [6, 6.07) is 6.42. The van der Waals surface area contributed by atoms with Crippen LogP contribution in [0.2, 0.25) is 0 Å². The van der Waals surface area contributed by atoms with Gasteiger partial charge >= 0.3 is 41.7 Å². The lowest BCUT2D eigenvalue weighted by molar-refractivity contribution is -0.451. The Morgan fingerprint density at radius 3 is 1.46 bits per heavy atom. The van der Waals surface area contributed by atoms with Gasteiger partial charge in [-0.25, -0.2) is 0 Å². The van der Waals surface area contributed by atoms with E-state index in [0.29, 0.717) is 0 Å². The van der Waals surface area contributed by atoms with E-state index in [0.717, 1.165) is 5.32 Å². The zero-order chi connectivity index (χ0) is 29.3. The van der Waals surface area contributed by atoms with Crippen LogP contribution in [0.5, 0.6) is 0 Å². The molecule has 212 valence electrons. The predicted octanol–water partition coefficient (Wildman–Crippen LogP) is 6.18. The van der Waals surface area contributed by atoms with Crippen LogP contribution in [0, 0.1) is 0 Å². The average molecular weight is 573 g/mol. The first-order chi connectivity index (χ1) is 16.2. The van der Waals surface area contributed by atoms with Gasteiger partial charge in [-0.15, -0.1) is 0 Å². The molecule has 0 saturated carbocycles. The molecule has 1 aliphatic rings. The van der Waals surface area contributed by atoms with Gasteiger partial charge < -0.3 is 10.1 Å². The molecule has 18 heteroatoms. The first kappa shape index (κ1) is 30.8. The van der Waals surface area contributed by atoms with E-state index in [-0.39, 0.29) is 5.56 Å². The number of ether oxygens (including phenoxy) is 1. The Hall–Kier alpha value is -2.40. The van der Waals surface area contributed by atoms with Gasteiger partial charge in [0.25, 0.3) is 5.91 Å². The van der Waals surface area contributed by atoms with Crippen molar-refractivity contribution in [3.05, 3.63) is 35.9 Å². The molecule has 37 heavy (non-hydrogen) atoms. The number of amides is 1. The number of epoxide rings is 1. The average Bonchev–Trinajstić information content (AvgIpc) is 3.34. The number of carbonyl (C=O) groups excluding carboxylic acids is 1. The van der Waals surface area contributed by atoms with Crippen molar-refractivity contribution in [2.45, 2.75) is 66.8 Å². The van der Waals surface area contributed by atoms with E-state index in [9.17, 15) is 70.7 Å². The van der Waals surface area contributed by atoms with Crippen LogP contribution < -0.4 is 5.32 Å². The topological polar surface area (TPSA) is 41.6 Å². The fourth-order valence-corrected chi connectivity index (χ4v) is 3.31. The molecule has 1 saturated heterocycles. The first-order valence-electron chi connectivity index (χ1n) is 9.56. The van der Waals surface area contributed by atoms with Crippen molar-refractivity contribution in [1.29, 1.82) is 0 Å². The Morgan fingerprint density at radius 2 is 1.08 bits per heavy atom. The Morgan fingerprint density at radius 1 is 0.703 bits per heavy atom. The molecule has 1 atom stereocenters. The number of hydrogen-bond acceptors (Lipinski definition) is 2. The summed E-state index contributed by atoms with van der Waals surface area (Å²) in [4.78, 5) is 12.5. The van der Waals surface area contributed by atoms with E-state index in [1.165, 1.54) is 44.2 Å². The number of nitrogens with one attached hydrogen (secondary N) is 1. The third-order valence-corrected chi connectivity index (χ3v) is 5.58. The lowest BCUT2D eigenvalue weighted by Gasteiger charge is -2.41. The van der Waals surface area contributed by atoms with Gasteiger partial charge in [0, 0.05) is 0 Å². The molecule has 0 aromatic heterocycles. The van der Waals surface area contributed by atoms with Gasteiger partial charge in [-0.05, 0) is 19.4 Å². The van der Waals surface area contributed by atoms with E-state index in [1.807, 2.05) is 0 Å². The maximum absolute atomic E-state index is 14.0. The molecule has 1 amide bonds. The van der Waals surface area contributed by atoms with Crippen LogP contribution in [0.25, 0.3) is 0 Å². The lowest BCUT2D eigenvalue weighted by Crippen LogP contribution is -2.73. The quantitative estimate of drug-likeness (QED) is 0.283. The van der Waals surface area contributed by atoms with Gasteiger partial charge in [0.15, 0.2) is 0 Å². The van der Waals surface area contributed by atoms with Crippen molar-refractivity contribution >= 4 is 5.91 Å². The highest BCUT2D eigenvalue weighted by Crippen LogP contribution is 2.62.